The van der Waals surface area contributed by atoms with Crippen LogP contribution in [0.25, 0.3) is 0 Å². The van der Waals surface area contributed by atoms with Gasteiger partial charge in [-0.3, -0.25) is 9.79 Å². The van der Waals surface area contributed by atoms with E-state index in [-0.39, 0.29) is 17.4 Å². The van der Waals surface area contributed by atoms with Crippen molar-refractivity contribution in [2.24, 2.45) is 4.99 Å². The summed E-state index contributed by atoms with van der Waals surface area (Å²) < 4.78 is 5.10. The number of carbonyl (C=O) groups is 1. The molecule has 0 aliphatic carbocycles. The first-order valence-electron chi connectivity index (χ1n) is 7.38. The van der Waals surface area contributed by atoms with Crippen molar-refractivity contribution in [3.05, 3.63) is 53.1 Å². The summed E-state index contributed by atoms with van der Waals surface area (Å²) in [5.74, 6) is 0.0498. The van der Waals surface area contributed by atoms with Crippen LogP contribution in [0.5, 0.6) is 11.5 Å². The zero-order chi connectivity index (χ0) is 16.4. The molecule has 1 heterocycles. The maximum atomic E-state index is 12.9. The topological polar surface area (TPSA) is 62.1 Å². The van der Waals surface area contributed by atoms with Crippen LogP contribution >= 0.6 is 0 Å². The fraction of sp³-hybridized carbons (Fsp3) is 0.222. The molecule has 2 aromatic rings. The molecule has 0 bridgehead atoms. The Bertz CT molecular complexity index is 771. The molecule has 1 aliphatic rings. The lowest BCUT2D eigenvalue weighted by molar-refractivity contribution is 0.0735. The van der Waals surface area contributed by atoms with Gasteiger partial charge >= 0.3 is 0 Å². The molecule has 5 nitrogen and oxygen atoms in total. The second kappa shape index (κ2) is 6.12. The van der Waals surface area contributed by atoms with Gasteiger partial charge in [0, 0.05) is 19.2 Å². The molecule has 0 atom stereocenters. The van der Waals surface area contributed by atoms with Gasteiger partial charge in [0.2, 0.25) is 0 Å². The molecule has 0 aromatic heterocycles. The third-order valence-corrected chi connectivity index (χ3v) is 4.12. The number of amides is 1. The predicted octanol–water partition coefficient (Wildman–Crippen LogP) is 2.93. The molecule has 118 valence electrons. The van der Waals surface area contributed by atoms with Crippen LogP contribution in [0.3, 0.4) is 0 Å². The maximum Gasteiger partial charge on any atom is 0.256 e. The van der Waals surface area contributed by atoms with Gasteiger partial charge in [0.15, 0.2) is 11.5 Å². The summed E-state index contributed by atoms with van der Waals surface area (Å²) in [6, 6.07) is 11.0. The molecular weight excluding hydrogens is 292 g/mol. The van der Waals surface area contributed by atoms with E-state index >= 15 is 0 Å². The second-order valence-electron chi connectivity index (χ2n) is 5.44. The molecule has 1 N–H and O–H groups in total. The SMILES string of the molecule is C=Nc1cc(O)c(OC)cc1C(=O)N1CCc2ccccc2C1. The number of hydrogen-bond acceptors (Lipinski definition) is 4. The van der Waals surface area contributed by atoms with Crippen LogP contribution < -0.4 is 4.74 Å². The number of methoxy groups -OCH3 is 1. The standard InChI is InChI=1S/C18H18N2O3/c1-19-15-10-16(21)17(23-2)9-14(15)18(22)20-8-7-12-5-3-4-6-13(12)11-20/h3-6,9-10,21H,1,7-8,11H2,2H3. The third-order valence-electron chi connectivity index (χ3n) is 4.12. The molecule has 1 aliphatic heterocycles. The van der Waals surface area contributed by atoms with E-state index in [0.717, 1.165) is 12.0 Å². The largest absolute Gasteiger partial charge is 0.504 e. The quantitative estimate of drug-likeness (QED) is 0.887. The minimum Gasteiger partial charge on any atom is -0.504 e. The number of aromatic hydroxyl groups is 1. The average molecular weight is 310 g/mol. The van der Waals surface area contributed by atoms with Crippen molar-refractivity contribution < 1.29 is 14.6 Å². The first-order valence-corrected chi connectivity index (χ1v) is 7.38. The number of carbonyl (C=O) groups excluding carboxylic acids is 1. The molecule has 3 rings (SSSR count). The van der Waals surface area contributed by atoms with Gasteiger partial charge in [-0.15, -0.1) is 0 Å². The smallest absolute Gasteiger partial charge is 0.256 e. The Balaban J connectivity index is 1.94. The zero-order valence-electron chi connectivity index (χ0n) is 13.0. The number of nitrogens with zero attached hydrogens (tertiary/aromatic N) is 2. The van der Waals surface area contributed by atoms with Crippen molar-refractivity contribution in [3.8, 4) is 11.5 Å². The Hall–Kier alpha value is -2.82. The first-order chi connectivity index (χ1) is 11.1. The van der Waals surface area contributed by atoms with Crippen LogP contribution in [0, 0.1) is 0 Å². The summed E-state index contributed by atoms with van der Waals surface area (Å²) in [6.07, 6.45) is 0.827. The molecule has 2 aromatic carbocycles. The molecule has 0 fully saturated rings. The number of rotatable bonds is 3. The zero-order valence-corrected chi connectivity index (χ0v) is 13.0. The van der Waals surface area contributed by atoms with E-state index < -0.39 is 0 Å². The Morgan fingerprint density at radius 2 is 2.04 bits per heavy atom. The number of benzene rings is 2. The molecule has 0 unspecified atom stereocenters. The van der Waals surface area contributed by atoms with Crippen molar-refractivity contribution in [2.75, 3.05) is 13.7 Å². The van der Waals surface area contributed by atoms with Crippen molar-refractivity contribution >= 4 is 18.3 Å². The van der Waals surface area contributed by atoms with E-state index in [1.807, 2.05) is 18.2 Å². The highest BCUT2D eigenvalue weighted by molar-refractivity contribution is 6.00. The molecule has 0 spiro atoms. The highest BCUT2D eigenvalue weighted by Crippen LogP contribution is 2.35. The minimum atomic E-state index is -0.139. The maximum absolute atomic E-state index is 12.9. The molecule has 5 heteroatoms. The van der Waals surface area contributed by atoms with Gasteiger partial charge in [-0.1, -0.05) is 24.3 Å². The van der Waals surface area contributed by atoms with Gasteiger partial charge < -0.3 is 14.7 Å². The van der Waals surface area contributed by atoms with Crippen LogP contribution in [-0.2, 0) is 13.0 Å². The van der Waals surface area contributed by atoms with Crippen molar-refractivity contribution in [1.82, 2.24) is 4.90 Å². The number of fused-ring (bicyclic) bond motifs is 1. The molecule has 23 heavy (non-hydrogen) atoms. The van der Waals surface area contributed by atoms with Crippen LogP contribution in [0.4, 0.5) is 5.69 Å². The Labute approximate surface area is 134 Å². The fourth-order valence-electron chi connectivity index (χ4n) is 2.86. The van der Waals surface area contributed by atoms with Gasteiger partial charge in [0.25, 0.3) is 5.91 Å². The molecule has 0 radical (unpaired) electrons. The van der Waals surface area contributed by atoms with Gasteiger partial charge in [-0.05, 0) is 30.3 Å². The molecule has 0 saturated heterocycles. The second-order valence-corrected chi connectivity index (χ2v) is 5.44. The lowest BCUT2D eigenvalue weighted by Crippen LogP contribution is -2.36. The van der Waals surface area contributed by atoms with Crippen LogP contribution in [0.1, 0.15) is 21.5 Å². The normalized spacial score (nSPS) is 13.3. The highest BCUT2D eigenvalue weighted by Gasteiger charge is 2.24. The summed E-state index contributed by atoms with van der Waals surface area (Å²) in [5, 5.41) is 9.83. The molecular formula is C18H18N2O3. The predicted molar refractivity (Wildman–Crippen MR) is 88.8 cm³/mol. The fourth-order valence-corrected chi connectivity index (χ4v) is 2.86. The van der Waals surface area contributed by atoms with Gasteiger partial charge in [-0.2, -0.15) is 0 Å². The van der Waals surface area contributed by atoms with Crippen LogP contribution in [0.15, 0.2) is 41.4 Å². The van der Waals surface area contributed by atoms with E-state index in [1.165, 1.54) is 24.8 Å². The summed E-state index contributed by atoms with van der Waals surface area (Å²) in [6.45, 7) is 4.69. The van der Waals surface area contributed by atoms with Crippen molar-refractivity contribution in [2.45, 2.75) is 13.0 Å². The Kier molecular flexibility index (Phi) is 4.02. The number of aliphatic imine (C=N–C) groups is 1. The van der Waals surface area contributed by atoms with Crippen LogP contribution in [-0.4, -0.2) is 36.3 Å². The van der Waals surface area contributed by atoms with E-state index in [1.54, 1.807) is 4.90 Å². The molecule has 0 saturated carbocycles. The summed E-state index contributed by atoms with van der Waals surface area (Å²) in [7, 11) is 1.45. The highest BCUT2D eigenvalue weighted by atomic mass is 16.5. The first kappa shape index (κ1) is 15.1. The summed E-state index contributed by atoms with van der Waals surface area (Å²) >= 11 is 0. The van der Waals surface area contributed by atoms with Crippen LogP contribution in [0.2, 0.25) is 0 Å². The van der Waals surface area contributed by atoms with Gasteiger partial charge in [-0.25, -0.2) is 0 Å². The van der Waals surface area contributed by atoms with E-state index in [4.69, 9.17) is 4.74 Å². The summed E-state index contributed by atoms with van der Waals surface area (Å²) in [5.41, 5.74) is 3.18. The Morgan fingerprint density at radius 1 is 1.30 bits per heavy atom. The van der Waals surface area contributed by atoms with Gasteiger partial charge in [0.05, 0.1) is 18.4 Å². The minimum absolute atomic E-state index is 0.0598. The summed E-state index contributed by atoms with van der Waals surface area (Å²) in [4.78, 5) is 18.5. The van der Waals surface area contributed by atoms with E-state index in [0.29, 0.717) is 24.3 Å². The number of ether oxygens (including phenoxy) is 1. The number of phenols is 1. The number of phenolic OH excluding ortho intramolecular Hbond substituents is 1. The van der Waals surface area contributed by atoms with Crippen molar-refractivity contribution in [1.29, 1.82) is 0 Å². The lowest BCUT2D eigenvalue weighted by Gasteiger charge is -2.29. The Morgan fingerprint density at radius 3 is 2.74 bits per heavy atom. The van der Waals surface area contributed by atoms with E-state index in [2.05, 4.69) is 17.8 Å². The average Bonchev–Trinajstić information content (AvgIpc) is 2.60. The third kappa shape index (κ3) is 2.77. The van der Waals surface area contributed by atoms with E-state index in [9.17, 15) is 9.90 Å². The van der Waals surface area contributed by atoms with Crippen molar-refractivity contribution in [3.63, 3.8) is 0 Å². The number of hydrogen-bond donors (Lipinski definition) is 1. The monoisotopic (exact) mass is 310 g/mol. The molecule has 1 amide bonds. The lowest BCUT2D eigenvalue weighted by atomic mass is 9.99. The van der Waals surface area contributed by atoms with Gasteiger partial charge in [0.1, 0.15) is 0 Å².